The molecule has 6 aliphatic rings. The van der Waals surface area contributed by atoms with Gasteiger partial charge in [0.2, 0.25) is 0 Å². The molecule has 5 fully saturated rings. The number of ether oxygens (including phenoxy) is 8. The van der Waals surface area contributed by atoms with Gasteiger partial charge in [0.1, 0.15) is 17.5 Å². The maximum absolute atomic E-state index is 14.9. The minimum absolute atomic E-state index is 0.0608. The number of Topliss-reactive ketones (excluding diaryl/α,β-unsaturated/α-hetero) is 2. The monoisotopic (exact) mass is 1020 g/mol. The molecular formula is C53H69F3O16. The summed E-state index contributed by atoms with van der Waals surface area (Å²) in [7, 11) is 0.697. The number of rotatable bonds is 15. The summed E-state index contributed by atoms with van der Waals surface area (Å²) in [5.74, 6) is -7.23. The number of fused-ring (bicyclic) bond motifs is 2. The van der Waals surface area contributed by atoms with Crippen LogP contribution in [0.1, 0.15) is 127 Å². The molecule has 0 unspecified atom stereocenters. The molecule has 398 valence electrons. The Morgan fingerprint density at radius 3 is 2.01 bits per heavy atom. The topological polar surface area (TPSA) is 214 Å². The van der Waals surface area contributed by atoms with E-state index in [0.29, 0.717) is 32.8 Å². The molecule has 19 heteroatoms. The van der Waals surface area contributed by atoms with Crippen molar-refractivity contribution in [2.45, 2.75) is 181 Å². The van der Waals surface area contributed by atoms with E-state index in [2.05, 4.69) is 19.9 Å². The third kappa shape index (κ3) is 8.78. The largest absolute Gasteiger partial charge is 0.462 e. The van der Waals surface area contributed by atoms with Gasteiger partial charge in [-0.05, 0) is 74.0 Å². The Bertz CT molecular complexity index is 2380. The predicted molar refractivity (Wildman–Crippen MR) is 246 cm³/mol. The molecule has 0 radical (unpaired) electrons. The summed E-state index contributed by atoms with van der Waals surface area (Å²) in [5.41, 5.74) is -8.79. The maximum atomic E-state index is 14.9. The second-order valence-corrected chi connectivity index (χ2v) is 22.7. The molecule has 0 amide bonds. The number of carbonyl (C=O) groups excluding carboxylic acids is 7. The zero-order valence-corrected chi connectivity index (χ0v) is 43.1. The van der Waals surface area contributed by atoms with Gasteiger partial charge in [0.25, 0.3) is 5.60 Å². The van der Waals surface area contributed by atoms with Gasteiger partial charge in [-0.2, -0.15) is 13.2 Å². The van der Waals surface area contributed by atoms with E-state index in [0.717, 1.165) is 31.6 Å². The van der Waals surface area contributed by atoms with Crippen LogP contribution in [0.15, 0.2) is 42.0 Å². The van der Waals surface area contributed by atoms with Crippen molar-refractivity contribution in [3.05, 3.63) is 47.5 Å². The smallest absolute Gasteiger partial charge is 0.432 e. The van der Waals surface area contributed by atoms with Crippen LogP contribution >= 0.6 is 0 Å². The number of carbonyl (C=O) groups is 7. The van der Waals surface area contributed by atoms with Crippen LogP contribution in [0.4, 0.5) is 13.2 Å². The molecule has 7 rings (SSSR count). The number of esters is 5. The molecule has 5 aliphatic carbocycles. The number of aliphatic hydroxyl groups is 1. The van der Waals surface area contributed by atoms with E-state index in [9.17, 15) is 51.8 Å². The highest BCUT2D eigenvalue weighted by Gasteiger charge is 2.85. The highest BCUT2D eigenvalue weighted by Crippen LogP contribution is 2.88. The van der Waals surface area contributed by atoms with E-state index >= 15 is 0 Å². The second kappa shape index (κ2) is 18.9. The summed E-state index contributed by atoms with van der Waals surface area (Å²) in [4.78, 5) is 92.7. The number of ketones is 2. The third-order valence-corrected chi connectivity index (χ3v) is 17.6. The van der Waals surface area contributed by atoms with Crippen LogP contribution in [-0.4, -0.2) is 115 Å². The Labute approximate surface area is 417 Å². The lowest BCUT2D eigenvalue weighted by atomic mass is 9.44. The van der Waals surface area contributed by atoms with E-state index in [1.807, 2.05) is 13.8 Å². The van der Waals surface area contributed by atoms with Crippen molar-refractivity contribution in [3.8, 4) is 0 Å². The Morgan fingerprint density at radius 1 is 0.861 bits per heavy atom. The van der Waals surface area contributed by atoms with Gasteiger partial charge in [-0.3, -0.25) is 28.8 Å². The first kappa shape index (κ1) is 55.0. The van der Waals surface area contributed by atoms with Crippen molar-refractivity contribution >= 4 is 41.4 Å². The Kier molecular flexibility index (Phi) is 14.4. The van der Waals surface area contributed by atoms with Crippen LogP contribution in [0.25, 0.3) is 0 Å². The number of hydrogen-bond donors (Lipinski definition) is 1. The first-order valence-corrected chi connectivity index (χ1v) is 24.6. The number of methoxy groups -OCH3 is 1. The van der Waals surface area contributed by atoms with Crippen molar-refractivity contribution in [1.82, 2.24) is 0 Å². The summed E-state index contributed by atoms with van der Waals surface area (Å²) >= 11 is 0. The van der Waals surface area contributed by atoms with Gasteiger partial charge in [0.05, 0.1) is 12.7 Å². The summed E-state index contributed by atoms with van der Waals surface area (Å²) in [6, 6.07) is 6.11. The van der Waals surface area contributed by atoms with E-state index in [1.54, 1.807) is 6.92 Å². The molecule has 4 saturated carbocycles. The van der Waals surface area contributed by atoms with Gasteiger partial charge in [0, 0.05) is 70.0 Å². The molecule has 1 saturated heterocycles. The highest BCUT2D eigenvalue weighted by molar-refractivity contribution is 5.92. The van der Waals surface area contributed by atoms with Crippen molar-refractivity contribution in [2.24, 2.45) is 44.8 Å². The van der Waals surface area contributed by atoms with E-state index in [1.165, 1.54) is 45.9 Å². The zero-order valence-electron chi connectivity index (χ0n) is 43.1. The van der Waals surface area contributed by atoms with E-state index in [-0.39, 0.29) is 31.1 Å². The number of halogens is 3. The minimum atomic E-state index is -5.35. The summed E-state index contributed by atoms with van der Waals surface area (Å²) in [5, 5.41) is 11.2. The minimum Gasteiger partial charge on any atom is -0.462 e. The molecule has 1 heterocycles. The third-order valence-electron chi connectivity index (χ3n) is 17.6. The fourth-order valence-corrected chi connectivity index (χ4v) is 14.6. The standard InChI is InChI=1S/C53H69F3O16/c1-27(22-33(61)43(47(8,9)64)72-45(63)52(65-12,53(54,55)56)32-16-14-13-15-17-32)40-34(62)23-48(10)37-19-18-36-46(6,7)38(20-21-50(36)26-51(37,50)39(68-29(3)58)24-49(40,48)11)71-44-42(70-31(5)60)41(69-30(4)59)35(25-66-44)67-28(2)57/h13-17,19,27,35-36,38-44,64H,18,20-26H2,1-12H3/t27-,35-,36+,38+,39+,40+,41-,42+,43+,44+,48+,49-,50-,51+,52-/m1/s1. The average Bonchev–Trinajstić information content (AvgIpc) is 3.88. The number of allylic oxidation sites excluding steroid dienone is 1. The summed E-state index contributed by atoms with van der Waals surface area (Å²) in [6.45, 7) is 16.9. The lowest BCUT2D eigenvalue weighted by Crippen LogP contribution is -2.61. The Hall–Kier alpha value is -4.72. The van der Waals surface area contributed by atoms with Crippen LogP contribution in [0.3, 0.4) is 0 Å². The molecule has 2 spiro atoms. The number of alkyl halides is 3. The van der Waals surface area contributed by atoms with E-state index in [4.69, 9.17) is 37.9 Å². The SMILES string of the molecule is CO[C@@](C(=O)O[C@@H](C(=O)C[C@@H](C)[C@H]1C(=O)C[C@@]2(C)C3=CC[C@H]4C(C)(C)[C@@H](O[C@@H]5OC[C@@H](OC(C)=O)[C@@H](OC(C)=O)[C@@H]5OC(C)=O)CC[C@@]45C[C@@]35[C@@H](OC(C)=O)C[C@]12C)C(C)(C)O)(c1ccccc1)C(F)(F)F. The predicted octanol–water partition coefficient (Wildman–Crippen LogP) is 6.99. The van der Waals surface area contributed by atoms with Crippen molar-refractivity contribution < 1.29 is 89.7 Å². The molecule has 15 atom stereocenters. The maximum Gasteiger partial charge on any atom is 0.432 e. The Morgan fingerprint density at radius 2 is 1.46 bits per heavy atom. The van der Waals surface area contributed by atoms with Crippen LogP contribution in [0.5, 0.6) is 0 Å². The van der Waals surface area contributed by atoms with Gasteiger partial charge < -0.3 is 43.0 Å². The van der Waals surface area contributed by atoms with Crippen LogP contribution < -0.4 is 0 Å². The molecule has 0 aromatic heterocycles. The van der Waals surface area contributed by atoms with Crippen LogP contribution in [0, 0.1) is 44.8 Å². The zero-order chi connectivity index (χ0) is 53.5. The molecule has 72 heavy (non-hydrogen) atoms. The van der Waals surface area contributed by atoms with Crippen molar-refractivity contribution in [3.63, 3.8) is 0 Å². The lowest BCUT2D eigenvalue weighted by Gasteiger charge is -2.61. The summed E-state index contributed by atoms with van der Waals surface area (Å²) < 4.78 is 90.8. The highest BCUT2D eigenvalue weighted by atomic mass is 19.4. The molecule has 1 aromatic rings. The fourth-order valence-electron chi connectivity index (χ4n) is 14.6. The number of hydrogen-bond acceptors (Lipinski definition) is 16. The molecular weight excluding hydrogens is 950 g/mol. The molecule has 1 N–H and O–H groups in total. The first-order valence-electron chi connectivity index (χ1n) is 24.6. The molecule has 1 aromatic carbocycles. The second-order valence-electron chi connectivity index (χ2n) is 22.7. The van der Waals surface area contributed by atoms with Crippen LogP contribution in [-0.2, 0) is 77.1 Å². The molecule has 0 bridgehead atoms. The van der Waals surface area contributed by atoms with Gasteiger partial charge in [-0.25, -0.2) is 4.79 Å². The van der Waals surface area contributed by atoms with Gasteiger partial charge in [-0.1, -0.05) is 76.6 Å². The summed E-state index contributed by atoms with van der Waals surface area (Å²) in [6.07, 6.45) is -9.04. The Balaban J connectivity index is 1.17. The van der Waals surface area contributed by atoms with Gasteiger partial charge >= 0.3 is 36.0 Å². The van der Waals surface area contributed by atoms with Crippen molar-refractivity contribution in [2.75, 3.05) is 13.7 Å². The molecule has 16 nitrogen and oxygen atoms in total. The number of benzene rings is 1. The average molecular weight is 1020 g/mol. The molecule has 1 aliphatic heterocycles. The normalized spacial score (nSPS) is 36.3. The fraction of sp³-hybridized carbons (Fsp3) is 0.717. The quantitative estimate of drug-likeness (QED) is 0.107. The lowest BCUT2D eigenvalue weighted by molar-refractivity contribution is -0.306. The van der Waals surface area contributed by atoms with Gasteiger partial charge in [-0.15, -0.1) is 0 Å². The first-order chi connectivity index (χ1) is 33.3. The van der Waals surface area contributed by atoms with E-state index < -0.39 is 147 Å². The van der Waals surface area contributed by atoms with Gasteiger partial charge in [0.15, 0.2) is 36.5 Å². The van der Waals surface area contributed by atoms with Crippen LogP contribution in [0.2, 0.25) is 0 Å². The van der Waals surface area contributed by atoms with Crippen molar-refractivity contribution in [1.29, 1.82) is 0 Å².